The van der Waals surface area contributed by atoms with Crippen LogP contribution in [-0.2, 0) is 9.59 Å². The lowest BCUT2D eigenvalue weighted by Gasteiger charge is -2.31. The van der Waals surface area contributed by atoms with Gasteiger partial charge in [-0.3, -0.25) is 9.59 Å². The second-order valence-electron chi connectivity index (χ2n) is 5.13. The molecule has 1 saturated heterocycles. The number of carbonyl (C=O) groups is 2. The Morgan fingerprint density at radius 1 is 1.41 bits per heavy atom. The first-order valence-electron chi connectivity index (χ1n) is 7.08. The predicted molar refractivity (Wildman–Crippen MR) is 80.3 cm³/mol. The van der Waals surface area contributed by atoms with Gasteiger partial charge in [0.05, 0.1) is 5.02 Å². The number of hydrogen-bond donors (Lipinski definition) is 1. The Hall–Kier alpha value is -1.82. The molecule has 1 aliphatic rings. The third-order valence-electron chi connectivity index (χ3n) is 3.71. The van der Waals surface area contributed by atoms with Crippen LogP contribution >= 0.6 is 11.6 Å². The molecule has 5 nitrogen and oxygen atoms in total. The predicted octanol–water partition coefficient (Wildman–Crippen LogP) is 1.84. The van der Waals surface area contributed by atoms with Crippen molar-refractivity contribution in [1.29, 1.82) is 0 Å². The van der Waals surface area contributed by atoms with E-state index in [0.717, 1.165) is 6.07 Å². The molecule has 22 heavy (non-hydrogen) atoms. The summed E-state index contributed by atoms with van der Waals surface area (Å²) < 4.78 is 18.3. The number of hydrogen-bond acceptors (Lipinski definition) is 3. The van der Waals surface area contributed by atoms with Crippen molar-refractivity contribution >= 4 is 23.4 Å². The zero-order valence-electron chi connectivity index (χ0n) is 12.3. The average Bonchev–Trinajstić information content (AvgIpc) is 2.53. The molecule has 0 spiro atoms. The quantitative estimate of drug-likeness (QED) is 0.917. The number of benzene rings is 1. The van der Waals surface area contributed by atoms with E-state index in [4.69, 9.17) is 16.3 Å². The number of piperidine rings is 1. The van der Waals surface area contributed by atoms with Gasteiger partial charge in [-0.1, -0.05) is 11.6 Å². The van der Waals surface area contributed by atoms with Crippen molar-refractivity contribution in [2.24, 2.45) is 5.92 Å². The number of nitrogens with zero attached hydrogens (tertiary/aromatic N) is 1. The zero-order valence-corrected chi connectivity index (χ0v) is 13.0. The Kier molecular flexibility index (Phi) is 5.60. The van der Waals surface area contributed by atoms with Gasteiger partial charge in [0.25, 0.3) is 5.91 Å². The lowest BCUT2D eigenvalue weighted by atomic mass is 9.96. The lowest BCUT2D eigenvalue weighted by molar-refractivity contribution is -0.137. The van der Waals surface area contributed by atoms with Crippen LogP contribution in [0.1, 0.15) is 12.8 Å². The van der Waals surface area contributed by atoms with E-state index in [1.165, 1.54) is 12.1 Å². The molecule has 0 radical (unpaired) electrons. The van der Waals surface area contributed by atoms with E-state index in [-0.39, 0.29) is 35.1 Å². The maximum absolute atomic E-state index is 12.9. The molecule has 2 rings (SSSR count). The highest BCUT2D eigenvalue weighted by atomic mass is 35.5. The summed E-state index contributed by atoms with van der Waals surface area (Å²) in [7, 11) is 1.61. The molecule has 120 valence electrons. The van der Waals surface area contributed by atoms with Crippen LogP contribution in [0.5, 0.6) is 5.75 Å². The second kappa shape index (κ2) is 7.45. The van der Waals surface area contributed by atoms with E-state index in [1.54, 1.807) is 11.9 Å². The molecule has 0 aliphatic carbocycles. The molecule has 0 aromatic heterocycles. The zero-order chi connectivity index (χ0) is 16.1. The summed E-state index contributed by atoms with van der Waals surface area (Å²) in [4.78, 5) is 25.3. The number of halogens is 2. The minimum Gasteiger partial charge on any atom is -0.482 e. The van der Waals surface area contributed by atoms with E-state index in [0.29, 0.717) is 25.9 Å². The minimum atomic E-state index is -0.458. The van der Waals surface area contributed by atoms with Gasteiger partial charge in [-0.15, -0.1) is 0 Å². The van der Waals surface area contributed by atoms with E-state index >= 15 is 0 Å². The smallest absolute Gasteiger partial charge is 0.260 e. The van der Waals surface area contributed by atoms with E-state index in [2.05, 4.69) is 5.32 Å². The Labute approximate surface area is 133 Å². The molecule has 0 saturated carbocycles. The molecule has 1 aromatic carbocycles. The van der Waals surface area contributed by atoms with E-state index in [1.807, 2.05) is 0 Å². The molecule has 0 bridgehead atoms. The summed E-state index contributed by atoms with van der Waals surface area (Å²) in [5, 5.41) is 2.75. The average molecular weight is 329 g/mol. The normalized spacial score (nSPS) is 15.5. The molecule has 1 N–H and O–H groups in total. The largest absolute Gasteiger partial charge is 0.482 e. The standard InChI is InChI=1S/C15H18ClFN2O3/c1-18-15(21)10-4-6-19(7-5-10)14(20)9-22-13-3-2-11(17)8-12(13)16/h2-3,8,10H,4-7,9H2,1H3,(H,18,21). The Balaban J connectivity index is 1.82. The first-order valence-corrected chi connectivity index (χ1v) is 7.46. The second-order valence-corrected chi connectivity index (χ2v) is 5.54. The van der Waals surface area contributed by atoms with Crippen molar-refractivity contribution in [2.45, 2.75) is 12.8 Å². The topological polar surface area (TPSA) is 58.6 Å². The van der Waals surface area contributed by atoms with Gasteiger partial charge in [0.15, 0.2) is 6.61 Å². The minimum absolute atomic E-state index is 0.0152. The molecular weight excluding hydrogens is 311 g/mol. The Morgan fingerprint density at radius 3 is 2.68 bits per heavy atom. The molecule has 1 aliphatic heterocycles. The fourth-order valence-corrected chi connectivity index (χ4v) is 2.64. The van der Waals surface area contributed by atoms with Gasteiger partial charge in [-0.2, -0.15) is 0 Å². The molecule has 0 unspecified atom stereocenters. The summed E-state index contributed by atoms with van der Waals surface area (Å²) in [5.74, 6) is -0.379. The van der Waals surface area contributed by atoms with Gasteiger partial charge in [-0.05, 0) is 31.0 Å². The molecule has 1 heterocycles. The summed E-state index contributed by atoms with van der Waals surface area (Å²) in [6.07, 6.45) is 1.28. The number of ether oxygens (including phenoxy) is 1. The molecule has 0 atom stereocenters. The SMILES string of the molecule is CNC(=O)C1CCN(C(=O)COc2ccc(F)cc2Cl)CC1. The van der Waals surface area contributed by atoms with Crippen molar-refractivity contribution in [3.05, 3.63) is 29.0 Å². The van der Waals surface area contributed by atoms with Gasteiger partial charge in [0.1, 0.15) is 11.6 Å². The van der Waals surface area contributed by atoms with Gasteiger partial charge in [0, 0.05) is 26.1 Å². The van der Waals surface area contributed by atoms with Crippen molar-refractivity contribution in [3.63, 3.8) is 0 Å². The van der Waals surface area contributed by atoms with E-state index in [9.17, 15) is 14.0 Å². The number of likely N-dealkylation sites (tertiary alicyclic amines) is 1. The van der Waals surface area contributed by atoms with Crippen molar-refractivity contribution in [2.75, 3.05) is 26.7 Å². The Bertz CT molecular complexity index is 560. The van der Waals surface area contributed by atoms with Crippen molar-refractivity contribution in [1.82, 2.24) is 10.2 Å². The highest BCUT2D eigenvalue weighted by Crippen LogP contribution is 2.25. The third kappa shape index (κ3) is 4.10. The number of carbonyl (C=O) groups excluding carboxylic acids is 2. The summed E-state index contributed by atoms with van der Waals surface area (Å²) in [6.45, 7) is 0.894. The van der Waals surface area contributed by atoms with Crippen LogP contribution in [0.4, 0.5) is 4.39 Å². The van der Waals surface area contributed by atoms with Gasteiger partial charge >= 0.3 is 0 Å². The number of amides is 2. The summed E-state index contributed by atoms with van der Waals surface area (Å²) in [5.41, 5.74) is 0. The van der Waals surface area contributed by atoms with Crippen LogP contribution in [0.3, 0.4) is 0 Å². The monoisotopic (exact) mass is 328 g/mol. The number of rotatable bonds is 4. The maximum Gasteiger partial charge on any atom is 0.260 e. The lowest BCUT2D eigenvalue weighted by Crippen LogP contribution is -2.44. The van der Waals surface area contributed by atoms with Crippen LogP contribution in [-0.4, -0.2) is 43.5 Å². The van der Waals surface area contributed by atoms with Gasteiger partial charge < -0.3 is 15.0 Å². The van der Waals surface area contributed by atoms with Crippen molar-refractivity contribution < 1.29 is 18.7 Å². The molecule has 1 aromatic rings. The number of nitrogens with one attached hydrogen (secondary N) is 1. The van der Waals surface area contributed by atoms with Crippen LogP contribution in [0.15, 0.2) is 18.2 Å². The van der Waals surface area contributed by atoms with Crippen LogP contribution in [0, 0.1) is 11.7 Å². The molecule has 2 amide bonds. The fourth-order valence-electron chi connectivity index (χ4n) is 2.42. The highest BCUT2D eigenvalue weighted by molar-refractivity contribution is 6.32. The highest BCUT2D eigenvalue weighted by Gasteiger charge is 2.26. The molecule has 7 heteroatoms. The van der Waals surface area contributed by atoms with Crippen LogP contribution in [0.25, 0.3) is 0 Å². The summed E-state index contributed by atoms with van der Waals surface area (Å²) in [6, 6.07) is 3.75. The maximum atomic E-state index is 12.9. The van der Waals surface area contributed by atoms with Crippen LogP contribution < -0.4 is 10.1 Å². The molecule has 1 fully saturated rings. The third-order valence-corrected chi connectivity index (χ3v) is 4.01. The van der Waals surface area contributed by atoms with Crippen LogP contribution in [0.2, 0.25) is 5.02 Å². The first kappa shape index (κ1) is 16.5. The van der Waals surface area contributed by atoms with E-state index < -0.39 is 5.82 Å². The first-order chi connectivity index (χ1) is 10.5. The Morgan fingerprint density at radius 2 is 2.09 bits per heavy atom. The van der Waals surface area contributed by atoms with Gasteiger partial charge in [-0.25, -0.2) is 4.39 Å². The van der Waals surface area contributed by atoms with Gasteiger partial charge in [0.2, 0.25) is 5.91 Å². The summed E-state index contributed by atoms with van der Waals surface area (Å²) >= 11 is 5.83. The van der Waals surface area contributed by atoms with Crippen molar-refractivity contribution in [3.8, 4) is 5.75 Å². The molecular formula is C15H18ClFN2O3. The fraction of sp³-hybridized carbons (Fsp3) is 0.467.